The van der Waals surface area contributed by atoms with Gasteiger partial charge in [0, 0.05) is 38.3 Å². The Bertz CT molecular complexity index is 900. The van der Waals surface area contributed by atoms with Gasteiger partial charge in [-0.3, -0.25) is 9.91 Å². The lowest BCUT2D eigenvalue weighted by Crippen LogP contribution is -2.43. The summed E-state index contributed by atoms with van der Waals surface area (Å²) < 4.78 is 0. The third-order valence-electron chi connectivity index (χ3n) is 4.90. The van der Waals surface area contributed by atoms with Crippen LogP contribution >= 0.6 is 0 Å². The van der Waals surface area contributed by atoms with Crippen molar-refractivity contribution >= 4 is 17.0 Å². The zero-order chi connectivity index (χ0) is 17.8. The predicted octanol–water partition coefficient (Wildman–Crippen LogP) is 3.70. The van der Waals surface area contributed by atoms with E-state index in [-0.39, 0.29) is 5.75 Å². The number of phenolic OH excluding ortho intramolecular Hbond substituents is 1. The average Bonchev–Trinajstić information content (AvgIpc) is 2.69. The third-order valence-corrected chi connectivity index (χ3v) is 4.90. The first kappa shape index (κ1) is 16.6. The molecule has 0 spiro atoms. The molecule has 1 aliphatic rings. The predicted molar refractivity (Wildman–Crippen MR) is 106 cm³/mol. The fourth-order valence-corrected chi connectivity index (χ4v) is 3.41. The summed E-state index contributed by atoms with van der Waals surface area (Å²) in [4.78, 5) is 2.46. The molecule has 0 aromatic heterocycles. The summed E-state index contributed by atoms with van der Waals surface area (Å²) >= 11 is 0. The van der Waals surface area contributed by atoms with E-state index in [0.29, 0.717) is 0 Å². The number of rotatable bonds is 4. The van der Waals surface area contributed by atoms with Gasteiger partial charge >= 0.3 is 0 Å². The molecule has 0 unspecified atom stereocenters. The second-order valence-electron chi connectivity index (χ2n) is 6.68. The van der Waals surface area contributed by atoms with E-state index in [1.165, 1.54) is 5.56 Å². The molecule has 0 saturated carbocycles. The molecule has 1 heterocycles. The van der Waals surface area contributed by atoms with Gasteiger partial charge in [-0.25, -0.2) is 0 Å². The van der Waals surface area contributed by atoms with Crippen molar-refractivity contribution in [3.05, 3.63) is 77.9 Å². The van der Waals surface area contributed by atoms with E-state index in [0.717, 1.165) is 49.1 Å². The summed E-state index contributed by atoms with van der Waals surface area (Å²) in [7, 11) is 0. The highest BCUT2D eigenvalue weighted by Crippen LogP contribution is 2.25. The van der Waals surface area contributed by atoms with Gasteiger partial charge in [0.05, 0.1) is 6.21 Å². The molecule has 0 bridgehead atoms. The second kappa shape index (κ2) is 7.58. The number of hydrogen-bond donors (Lipinski definition) is 1. The summed E-state index contributed by atoms with van der Waals surface area (Å²) in [5, 5.41) is 19.1. The molecule has 4 rings (SSSR count). The van der Waals surface area contributed by atoms with E-state index in [4.69, 9.17) is 0 Å². The quantitative estimate of drug-likeness (QED) is 0.733. The monoisotopic (exact) mass is 345 g/mol. The summed E-state index contributed by atoms with van der Waals surface area (Å²) in [6.45, 7) is 4.77. The first-order valence-corrected chi connectivity index (χ1v) is 9.05. The van der Waals surface area contributed by atoms with E-state index in [2.05, 4.69) is 51.4 Å². The number of benzene rings is 3. The molecule has 3 aromatic rings. The molecular formula is C22H23N3O. The lowest BCUT2D eigenvalue weighted by Gasteiger charge is -2.33. The Morgan fingerprint density at radius 3 is 2.38 bits per heavy atom. The van der Waals surface area contributed by atoms with E-state index in [1.54, 1.807) is 12.3 Å². The second-order valence-corrected chi connectivity index (χ2v) is 6.68. The first-order chi connectivity index (χ1) is 12.8. The molecule has 0 amide bonds. The number of nitrogens with zero attached hydrogens (tertiary/aromatic N) is 3. The van der Waals surface area contributed by atoms with Crippen molar-refractivity contribution in [2.75, 3.05) is 26.2 Å². The topological polar surface area (TPSA) is 39.1 Å². The van der Waals surface area contributed by atoms with Crippen molar-refractivity contribution in [2.24, 2.45) is 5.10 Å². The van der Waals surface area contributed by atoms with Gasteiger partial charge in [-0.1, -0.05) is 60.7 Å². The molecule has 0 atom stereocenters. The standard InChI is InChI=1S/C22H23N3O/c26-22-11-10-19-8-4-5-9-20(19)21(22)16-23-25-14-12-24(13-15-25)17-18-6-2-1-3-7-18/h1-11,16,26H,12-15,17H2/b23-16-. The summed E-state index contributed by atoms with van der Waals surface area (Å²) in [5.74, 6) is 0.273. The summed E-state index contributed by atoms with van der Waals surface area (Å²) in [6, 6.07) is 22.3. The Balaban J connectivity index is 1.41. The number of hydrazone groups is 1. The molecule has 0 radical (unpaired) electrons. The fourth-order valence-electron chi connectivity index (χ4n) is 3.41. The summed E-state index contributed by atoms with van der Waals surface area (Å²) in [6.07, 6.45) is 1.80. The van der Waals surface area contributed by atoms with E-state index >= 15 is 0 Å². The third kappa shape index (κ3) is 3.70. The molecule has 1 saturated heterocycles. The Kier molecular flexibility index (Phi) is 4.84. The molecule has 26 heavy (non-hydrogen) atoms. The van der Waals surface area contributed by atoms with Crippen LogP contribution in [0.5, 0.6) is 5.75 Å². The van der Waals surface area contributed by atoms with Crippen molar-refractivity contribution < 1.29 is 5.11 Å². The lowest BCUT2D eigenvalue weighted by atomic mass is 10.0. The molecule has 1 N–H and O–H groups in total. The number of aromatic hydroxyl groups is 1. The highest BCUT2D eigenvalue weighted by atomic mass is 16.3. The van der Waals surface area contributed by atoms with Gasteiger partial charge in [0.25, 0.3) is 0 Å². The SMILES string of the molecule is Oc1ccc2ccccc2c1/C=N\N1CCN(Cc2ccccc2)CC1. The Morgan fingerprint density at radius 1 is 0.846 bits per heavy atom. The smallest absolute Gasteiger partial charge is 0.125 e. The average molecular weight is 345 g/mol. The number of phenols is 1. The van der Waals surface area contributed by atoms with Crippen molar-refractivity contribution in [1.29, 1.82) is 0 Å². The highest BCUT2D eigenvalue weighted by Gasteiger charge is 2.15. The van der Waals surface area contributed by atoms with Crippen LogP contribution in [0.25, 0.3) is 10.8 Å². The highest BCUT2D eigenvalue weighted by molar-refractivity contribution is 6.02. The van der Waals surface area contributed by atoms with E-state index in [1.807, 2.05) is 24.3 Å². The lowest BCUT2D eigenvalue weighted by molar-refractivity contribution is 0.131. The van der Waals surface area contributed by atoms with Gasteiger partial charge in [-0.05, 0) is 22.4 Å². The fraction of sp³-hybridized carbons (Fsp3) is 0.227. The maximum absolute atomic E-state index is 10.2. The van der Waals surface area contributed by atoms with Crippen molar-refractivity contribution in [3.63, 3.8) is 0 Å². The van der Waals surface area contributed by atoms with Crippen LogP contribution in [0.2, 0.25) is 0 Å². The van der Waals surface area contributed by atoms with Crippen LogP contribution in [-0.2, 0) is 6.54 Å². The largest absolute Gasteiger partial charge is 0.507 e. The van der Waals surface area contributed by atoms with Crippen LogP contribution in [0.4, 0.5) is 0 Å². The minimum atomic E-state index is 0.273. The zero-order valence-electron chi connectivity index (χ0n) is 14.8. The van der Waals surface area contributed by atoms with Crippen LogP contribution in [0, 0.1) is 0 Å². The normalized spacial score (nSPS) is 15.8. The Morgan fingerprint density at radius 2 is 1.58 bits per heavy atom. The first-order valence-electron chi connectivity index (χ1n) is 9.05. The van der Waals surface area contributed by atoms with Crippen LogP contribution in [-0.4, -0.2) is 47.4 Å². The Hall–Kier alpha value is -2.85. The Labute approximate surface area is 154 Å². The zero-order valence-corrected chi connectivity index (χ0v) is 14.8. The van der Waals surface area contributed by atoms with Crippen molar-refractivity contribution in [1.82, 2.24) is 9.91 Å². The molecule has 4 nitrogen and oxygen atoms in total. The maximum Gasteiger partial charge on any atom is 0.125 e. The van der Waals surface area contributed by atoms with Gasteiger partial charge in [-0.2, -0.15) is 5.10 Å². The van der Waals surface area contributed by atoms with Crippen LogP contribution in [0.1, 0.15) is 11.1 Å². The molecule has 4 heteroatoms. The molecular weight excluding hydrogens is 322 g/mol. The molecule has 1 aliphatic heterocycles. The van der Waals surface area contributed by atoms with E-state index < -0.39 is 0 Å². The van der Waals surface area contributed by atoms with Crippen molar-refractivity contribution in [2.45, 2.75) is 6.54 Å². The van der Waals surface area contributed by atoms with Gasteiger partial charge in [0.15, 0.2) is 0 Å². The van der Waals surface area contributed by atoms with Crippen molar-refractivity contribution in [3.8, 4) is 5.75 Å². The van der Waals surface area contributed by atoms with Gasteiger partial charge in [0.2, 0.25) is 0 Å². The molecule has 0 aliphatic carbocycles. The van der Waals surface area contributed by atoms with Gasteiger partial charge in [-0.15, -0.1) is 0 Å². The number of piperazine rings is 1. The minimum absolute atomic E-state index is 0.273. The maximum atomic E-state index is 10.2. The molecule has 1 fully saturated rings. The molecule has 132 valence electrons. The number of fused-ring (bicyclic) bond motifs is 1. The van der Waals surface area contributed by atoms with E-state index in [9.17, 15) is 5.11 Å². The molecule has 3 aromatic carbocycles. The van der Waals surface area contributed by atoms with Crippen LogP contribution < -0.4 is 0 Å². The number of hydrogen-bond acceptors (Lipinski definition) is 4. The van der Waals surface area contributed by atoms with Crippen LogP contribution in [0.15, 0.2) is 71.8 Å². The van der Waals surface area contributed by atoms with Gasteiger partial charge < -0.3 is 5.11 Å². The van der Waals surface area contributed by atoms with Gasteiger partial charge in [0.1, 0.15) is 5.75 Å². The van der Waals surface area contributed by atoms with Crippen LogP contribution in [0.3, 0.4) is 0 Å². The minimum Gasteiger partial charge on any atom is -0.507 e. The summed E-state index contributed by atoms with van der Waals surface area (Å²) in [5.41, 5.74) is 2.14.